The molecule has 0 bridgehead atoms. The normalized spacial score (nSPS) is 12.2. The fourth-order valence-electron chi connectivity index (χ4n) is 9.08. The Morgan fingerprint density at radius 1 is 0.434 bits per heavy atom. The van der Waals surface area contributed by atoms with Crippen molar-refractivity contribution >= 4 is 87.2 Å². The van der Waals surface area contributed by atoms with Gasteiger partial charge in [-0.25, -0.2) is 8.78 Å². The lowest BCUT2D eigenvalue weighted by molar-refractivity contribution is 0.579. The standard InChI is InChI=1S/C46H29F2N5/c1-25-43(47)34(24-49)46(53-38-19-11-7-15-29(38)33-21-40-31(23-42(33)53)27-13-5-9-17-36(27)51(40)3)44(48)45(25)52-37-18-10-6-14-28(37)32-20-39-30(22-41(32)52)26-12-4-8-16-35(26)50(39)2/h4-23H,1-3H3. The average Bonchev–Trinajstić information content (AvgIpc) is 3.87. The van der Waals surface area contributed by atoms with E-state index in [9.17, 15) is 5.26 Å². The predicted octanol–water partition coefficient (Wildman–Crippen LogP) is 11.6. The second kappa shape index (κ2) is 10.3. The van der Waals surface area contributed by atoms with E-state index in [1.54, 1.807) is 11.5 Å². The van der Waals surface area contributed by atoms with Crippen LogP contribution < -0.4 is 0 Å². The van der Waals surface area contributed by atoms with Crippen molar-refractivity contribution < 1.29 is 8.78 Å². The summed E-state index contributed by atoms with van der Waals surface area (Å²) in [5, 5.41) is 18.4. The number of halogens is 2. The summed E-state index contributed by atoms with van der Waals surface area (Å²) in [5.41, 5.74) is 6.85. The Labute approximate surface area is 301 Å². The van der Waals surface area contributed by atoms with E-state index in [0.29, 0.717) is 11.0 Å². The van der Waals surface area contributed by atoms with Crippen LogP contribution in [0.15, 0.2) is 121 Å². The minimum absolute atomic E-state index is 0.0701. The first-order chi connectivity index (χ1) is 25.9. The van der Waals surface area contributed by atoms with E-state index in [1.807, 2.05) is 84.4 Å². The summed E-state index contributed by atoms with van der Waals surface area (Å²) < 4.78 is 43.1. The largest absolute Gasteiger partial charge is 0.344 e. The third-order valence-electron chi connectivity index (χ3n) is 11.5. The van der Waals surface area contributed by atoms with Gasteiger partial charge in [-0.3, -0.25) is 0 Å². The van der Waals surface area contributed by atoms with Crippen LogP contribution in [0.1, 0.15) is 11.1 Å². The molecule has 0 spiro atoms. The minimum atomic E-state index is -0.742. The first kappa shape index (κ1) is 29.8. The summed E-state index contributed by atoms with van der Waals surface area (Å²) in [5.74, 6) is -1.41. The van der Waals surface area contributed by atoms with Gasteiger partial charge in [0.2, 0.25) is 0 Å². The van der Waals surface area contributed by atoms with Gasteiger partial charge in [0.1, 0.15) is 23.1 Å². The summed E-state index contributed by atoms with van der Waals surface area (Å²) >= 11 is 0. The van der Waals surface area contributed by atoms with Crippen molar-refractivity contribution in [2.75, 3.05) is 0 Å². The Balaban J connectivity index is 1.31. The number of aryl methyl sites for hydroxylation is 2. The average molecular weight is 690 g/mol. The SMILES string of the molecule is Cc1c(F)c(C#N)c(-n2c3ccccc3c3cc4c(cc32)c2ccccc2n4C)c(F)c1-n1c2ccccc2c2cc3c(cc21)c1ccccc1n3C. The second-order valence-corrected chi connectivity index (χ2v) is 14.1. The topological polar surface area (TPSA) is 43.5 Å². The molecule has 4 aromatic heterocycles. The van der Waals surface area contributed by atoms with Crippen molar-refractivity contribution in [3.63, 3.8) is 0 Å². The molecule has 0 amide bonds. The number of nitrogens with zero attached hydrogens (tertiary/aromatic N) is 5. The third-order valence-corrected chi connectivity index (χ3v) is 11.5. The molecule has 0 unspecified atom stereocenters. The Morgan fingerprint density at radius 3 is 1.25 bits per heavy atom. The monoisotopic (exact) mass is 689 g/mol. The Kier molecular flexibility index (Phi) is 5.81. The summed E-state index contributed by atoms with van der Waals surface area (Å²) in [6.07, 6.45) is 0. The molecule has 0 saturated carbocycles. The van der Waals surface area contributed by atoms with E-state index < -0.39 is 11.6 Å². The second-order valence-electron chi connectivity index (χ2n) is 14.1. The fraction of sp³-hybridized carbons (Fsp3) is 0.0652. The highest BCUT2D eigenvalue weighted by molar-refractivity contribution is 6.20. The number of hydrogen-bond acceptors (Lipinski definition) is 1. The van der Waals surface area contributed by atoms with Crippen LogP contribution >= 0.6 is 0 Å². The van der Waals surface area contributed by atoms with Crippen LogP contribution in [0.4, 0.5) is 8.78 Å². The number of hydrogen-bond donors (Lipinski definition) is 0. The van der Waals surface area contributed by atoms with Crippen LogP contribution in [0.25, 0.3) is 98.6 Å². The maximum absolute atomic E-state index is 18.2. The van der Waals surface area contributed by atoms with Gasteiger partial charge in [0.25, 0.3) is 0 Å². The molecule has 0 aliphatic heterocycles. The van der Waals surface area contributed by atoms with Crippen molar-refractivity contribution in [2.24, 2.45) is 14.1 Å². The van der Waals surface area contributed by atoms with Gasteiger partial charge in [0.05, 0.1) is 27.8 Å². The molecule has 0 aliphatic carbocycles. The molecule has 11 aromatic rings. The lowest BCUT2D eigenvalue weighted by atomic mass is 10.0. The summed E-state index contributed by atoms with van der Waals surface area (Å²) in [7, 11) is 4.10. The predicted molar refractivity (Wildman–Crippen MR) is 212 cm³/mol. The Morgan fingerprint density at radius 2 is 0.792 bits per heavy atom. The third kappa shape index (κ3) is 3.67. The molecule has 11 rings (SSSR count). The quantitative estimate of drug-likeness (QED) is 0.178. The molecule has 0 fully saturated rings. The van der Waals surface area contributed by atoms with Crippen LogP contribution in [0, 0.1) is 29.9 Å². The van der Waals surface area contributed by atoms with E-state index in [1.165, 1.54) is 0 Å². The highest BCUT2D eigenvalue weighted by atomic mass is 19.1. The number of rotatable bonds is 2. The number of nitriles is 1. The van der Waals surface area contributed by atoms with Crippen molar-refractivity contribution in [3.8, 4) is 17.4 Å². The molecule has 4 heterocycles. The van der Waals surface area contributed by atoms with Crippen LogP contribution in [-0.4, -0.2) is 18.3 Å². The molecule has 7 aromatic carbocycles. The van der Waals surface area contributed by atoms with E-state index in [-0.39, 0.29) is 22.5 Å². The molecule has 7 heteroatoms. The zero-order valence-electron chi connectivity index (χ0n) is 29.0. The summed E-state index contributed by atoms with van der Waals surface area (Å²) in [4.78, 5) is 0. The molecule has 53 heavy (non-hydrogen) atoms. The lowest BCUT2D eigenvalue weighted by Gasteiger charge is -2.19. The molecular formula is C46H29F2N5. The van der Waals surface area contributed by atoms with E-state index in [2.05, 4.69) is 70.8 Å². The van der Waals surface area contributed by atoms with E-state index >= 15 is 8.78 Å². The first-order valence-electron chi connectivity index (χ1n) is 17.6. The molecule has 0 atom stereocenters. The molecule has 0 radical (unpaired) electrons. The van der Waals surface area contributed by atoms with Gasteiger partial charge < -0.3 is 18.3 Å². The molecule has 252 valence electrons. The summed E-state index contributed by atoms with van der Waals surface area (Å²) in [6, 6.07) is 42.5. The Hall–Kier alpha value is -6.91. The van der Waals surface area contributed by atoms with Crippen molar-refractivity contribution in [1.82, 2.24) is 18.3 Å². The zero-order chi connectivity index (χ0) is 35.9. The van der Waals surface area contributed by atoms with Gasteiger partial charge in [-0.2, -0.15) is 5.26 Å². The minimum Gasteiger partial charge on any atom is -0.344 e. The molecule has 5 nitrogen and oxygen atoms in total. The van der Waals surface area contributed by atoms with Crippen LogP contribution in [0.5, 0.6) is 0 Å². The lowest BCUT2D eigenvalue weighted by Crippen LogP contribution is -2.12. The number of benzene rings is 7. The highest BCUT2D eigenvalue weighted by Crippen LogP contribution is 2.44. The number of para-hydroxylation sites is 4. The van der Waals surface area contributed by atoms with Crippen molar-refractivity contribution in [2.45, 2.75) is 6.92 Å². The molecule has 0 aliphatic rings. The van der Waals surface area contributed by atoms with Crippen LogP contribution in [0.2, 0.25) is 0 Å². The maximum atomic E-state index is 18.2. The van der Waals surface area contributed by atoms with Gasteiger partial charge in [-0.05, 0) is 55.5 Å². The van der Waals surface area contributed by atoms with Crippen LogP contribution in [0.3, 0.4) is 0 Å². The molecular weight excluding hydrogens is 661 g/mol. The Bertz CT molecular complexity index is 3470. The van der Waals surface area contributed by atoms with Gasteiger partial charge in [-0.15, -0.1) is 0 Å². The fourth-order valence-corrected chi connectivity index (χ4v) is 9.08. The smallest absolute Gasteiger partial charge is 0.173 e. The molecule has 0 N–H and O–H groups in total. The van der Waals surface area contributed by atoms with Gasteiger partial charge >= 0.3 is 0 Å². The highest BCUT2D eigenvalue weighted by Gasteiger charge is 2.30. The van der Waals surface area contributed by atoms with E-state index in [4.69, 9.17) is 0 Å². The van der Waals surface area contributed by atoms with Crippen molar-refractivity contribution in [3.05, 3.63) is 144 Å². The number of fused-ring (bicyclic) bond motifs is 12. The zero-order valence-corrected chi connectivity index (χ0v) is 29.0. The maximum Gasteiger partial charge on any atom is 0.173 e. The summed E-state index contributed by atoms with van der Waals surface area (Å²) in [6.45, 7) is 1.57. The van der Waals surface area contributed by atoms with Gasteiger partial charge in [0, 0.05) is 84.8 Å². The van der Waals surface area contributed by atoms with Gasteiger partial charge in [0.15, 0.2) is 5.82 Å². The number of aromatic nitrogens is 4. The van der Waals surface area contributed by atoms with E-state index in [0.717, 1.165) is 76.2 Å². The van der Waals surface area contributed by atoms with Crippen LogP contribution in [-0.2, 0) is 14.1 Å². The molecule has 0 saturated heterocycles. The van der Waals surface area contributed by atoms with Crippen molar-refractivity contribution in [1.29, 1.82) is 5.26 Å². The first-order valence-corrected chi connectivity index (χ1v) is 17.6. The van der Waals surface area contributed by atoms with Gasteiger partial charge in [-0.1, -0.05) is 72.8 Å².